The number of hydrogen-bond donors (Lipinski definition) is 1. The minimum Gasteiger partial charge on any atom is -0.493 e. The number of hydrogen-bond acceptors (Lipinski definition) is 4. The Hall–Kier alpha value is -2.73. The molecule has 1 aliphatic rings. The van der Waals surface area contributed by atoms with Crippen molar-refractivity contribution in [3.05, 3.63) is 58.6 Å². The Kier molecular flexibility index (Phi) is 7.80. The lowest BCUT2D eigenvalue weighted by molar-refractivity contribution is -0.124. The number of carbonyl (C=O) groups is 2. The third-order valence-electron chi connectivity index (χ3n) is 5.71. The van der Waals surface area contributed by atoms with Crippen LogP contribution in [-0.2, 0) is 4.79 Å². The topological polar surface area (TPSA) is 67.9 Å². The summed E-state index contributed by atoms with van der Waals surface area (Å²) in [5.41, 5.74) is 1.29. The van der Waals surface area contributed by atoms with Crippen LogP contribution in [0.3, 0.4) is 0 Å². The first-order valence-electron chi connectivity index (χ1n) is 10.5. The van der Waals surface area contributed by atoms with Crippen LogP contribution in [0.25, 0.3) is 0 Å². The fourth-order valence-electron chi connectivity index (χ4n) is 4.08. The van der Waals surface area contributed by atoms with Gasteiger partial charge in [-0.2, -0.15) is 0 Å². The predicted molar refractivity (Wildman–Crippen MR) is 121 cm³/mol. The fourth-order valence-corrected chi connectivity index (χ4v) is 4.30. The van der Waals surface area contributed by atoms with Gasteiger partial charge < -0.3 is 19.7 Å². The second kappa shape index (κ2) is 10.5. The van der Waals surface area contributed by atoms with Crippen molar-refractivity contribution in [2.45, 2.75) is 25.7 Å². The van der Waals surface area contributed by atoms with Gasteiger partial charge in [-0.25, -0.2) is 0 Å². The van der Waals surface area contributed by atoms with E-state index in [1.54, 1.807) is 43.4 Å². The Morgan fingerprint density at radius 1 is 1.10 bits per heavy atom. The number of rotatable bonds is 8. The molecule has 0 spiro atoms. The van der Waals surface area contributed by atoms with E-state index in [1.165, 1.54) is 0 Å². The fraction of sp³-hybridized carbons (Fsp3) is 0.417. The number of nitrogens with zero attached hydrogens (tertiary/aromatic N) is 1. The Morgan fingerprint density at radius 3 is 2.55 bits per heavy atom. The zero-order valence-electron chi connectivity index (χ0n) is 18.2. The SMILES string of the molecule is CCCCNC(=O)[C@H]1CN(C(=O)c2ccccc2Cl)C[C@@H]1c1cccc(OC)c1OC. The number of likely N-dealkylation sites (tertiary alicyclic amines) is 1. The van der Waals surface area contributed by atoms with Gasteiger partial charge in [-0.05, 0) is 24.6 Å². The highest BCUT2D eigenvalue weighted by molar-refractivity contribution is 6.33. The van der Waals surface area contributed by atoms with E-state index in [1.807, 2.05) is 18.2 Å². The Balaban J connectivity index is 1.94. The highest BCUT2D eigenvalue weighted by atomic mass is 35.5. The highest BCUT2D eigenvalue weighted by Crippen LogP contribution is 2.42. The molecule has 6 nitrogen and oxygen atoms in total. The van der Waals surface area contributed by atoms with Crippen molar-refractivity contribution in [2.75, 3.05) is 33.9 Å². The zero-order chi connectivity index (χ0) is 22.4. The number of benzene rings is 2. The normalized spacial score (nSPS) is 18.0. The number of amides is 2. The molecule has 2 aromatic carbocycles. The van der Waals surface area contributed by atoms with E-state index in [4.69, 9.17) is 21.1 Å². The van der Waals surface area contributed by atoms with E-state index >= 15 is 0 Å². The van der Waals surface area contributed by atoms with Crippen molar-refractivity contribution in [1.82, 2.24) is 10.2 Å². The maximum absolute atomic E-state index is 13.2. The van der Waals surface area contributed by atoms with Crippen LogP contribution in [-0.4, -0.2) is 50.6 Å². The first-order chi connectivity index (χ1) is 15.0. The molecule has 1 aliphatic heterocycles. The second-order valence-electron chi connectivity index (χ2n) is 7.63. The van der Waals surface area contributed by atoms with E-state index in [0.29, 0.717) is 41.7 Å². The van der Waals surface area contributed by atoms with Gasteiger partial charge in [0.25, 0.3) is 5.91 Å². The van der Waals surface area contributed by atoms with Gasteiger partial charge >= 0.3 is 0 Å². The van der Waals surface area contributed by atoms with Crippen molar-refractivity contribution >= 4 is 23.4 Å². The lowest BCUT2D eigenvalue weighted by atomic mass is 9.87. The van der Waals surface area contributed by atoms with Crippen molar-refractivity contribution in [1.29, 1.82) is 0 Å². The molecule has 7 heteroatoms. The molecule has 1 fully saturated rings. The molecule has 0 bridgehead atoms. The van der Waals surface area contributed by atoms with Gasteiger partial charge in [0.15, 0.2) is 11.5 Å². The van der Waals surface area contributed by atoms with Gasteiger partial charge in [0.1, 0.15) is 0 Å². The molecule has 31 heavy (non-hydrogen) atoms. The van der Waals surface area contributed by atoms with E-state index in [0.717, 1.165) is 18.4 Å². The van der Waals surface area contributed by atoms with Crippen LogP contribution in [0.5, 0.6) is 11.5 Å². The average Bonchev–Trinajstić information content (AvgIpc) is 3.24. The largest absolute Gasteiger partial charge is 0.493 e. The first kappa shape index (κ1) is 22.9. The molecular weight excluding hydrogens is 416 g/mol. The molecule has 3 rings (SSSR count). The molecule has 2 atom stereocenters. The van der Waals surface area contributed by atoms with E-state index in [9.17, 15) is 9.59 Å². The van der Waals surface area contributed by atoms with Crippen LogP contribution in [0, 0.1) is 5.92 Å². The second-order valence-corrected chi connectivity index (χ2v) is 8.04. The average molecular weight is 445 g/mol. The quantitative estimate of drug-likeness (QED) is 0.621. The van der Waals surface area contributed by atoms with Gasteiger partial charge in [0.2, 0.25) is 5.91 Å². The van der Waals surface area contributed by atoms with Crippen LogP contribution >= 0.6 is 11.6 Å². The zero-order valence-corrected chi connectivity index (χ0v) is 18.9. The summed E-state index contributed by atoms with van der Waals surface area (Å²) in [5, 5.41) is 3.43. The smallest absolute Gasteiger partial charge is 0.255 e. The lowest BCUT2D eigenvalue weighted by Gasteiger charge is -2.21. The van der Waals surface area contributed by atoms with Crippen molar-refractivity contribution in [3.63, 3.8) is 0 Å². The molecule has 166 valence electrons. The first-order valence-corrected chi connectivity index (χ1v) is 10.9. The maximum atomic E-state index is 13.2. The van der Waals surface area contributed by atoms with Crippen LogP contribution in [0.4, 0.5) is 0 Å². The predicted octanol–water partition coefficient (Wildman–Crippen LogP) is 4.13. The summed E-state index contributed by atoms with van der Waals surface area (Å²) < 4.78 is 11.1. The van der Waals surface area contributed by atoms with Crippen molar-refractivity contribution in [2.24, 2.45) is 5.92 Å². The number of ether oxygens (including phenoxy) is 2. The lowest BCUT2D eigenvalue weighted by Crippen LogP contribution is -2.36. The monoisotopic (exact) mass is 444 g/mol. The molecule has 0 saturated carbocycles. The molecule has 1 N–H and O–H groups in total. The Bertz CT molecular complexity index is 934. The maximum Gasteiger partial charge on any atom is 0.255 e. The molecule has 0 unspecified atom stereocenters. The minimum atomic E-state index is -0.399. The van der Waals surface area contributed by atoms with Gasteiger partial charge in [-0.15, -0.1) is 0 Å². The highest BCUT2D eigenvalue weighted by Gasteiger charge is 2.42. The van der Waals surface area contributed by atoms with E-state index < -0.39 is 5.92 Å². The molecular formula is C24H29ClN2O4. The van der Waals surface area contributed by atoms with Crippen LogP contribution in [0.15, 0.2) is 42.5 Å². The molecule has 0 radical (unpaired) electrons. The molecule has 1 heterocycles. The van der Waals surface area contributed by atoms with Crippen molar-refractivity contribution < 1.29 is 19.1 Å². The summed E-state index contributed by atoms with van der Waals surface area (Å²) >= 11 is 6.26. The number of methoxy groups -OCH3 is 2. The summed E-state index contributed by atoms with van der Waals surface area (Å²) in [6.45, 7) is 3.40. The third kappa shape index (κ3) is 4.96. The standard InChI is InChI=1S/C24H29ClN2O4/c1-4-5-13-26-23(28)19-15-27(24(29)17-9-6-7-11-20(17)25)14-18(19)16-10-8-12-21(30-2)22(16)31-3/h6-12,18-19H,4-5,13-15H2,1-3H3,(H,26,28)/t18-,19+/m1/s1. The molecule has 2 aromatic rings. The van der Waals surface area contributed by atoms with Crippen molar-refractivity contribution in [3.8, 4) is 11.5 Å². The Morgan fingerprint density at radius 2 is 1.87 bits per heavy atom. The van der Waals surface area contributed by atoms with Crippen LogP contribution in [0.2, 0.25) is 5.02 Å². The van der Waals surface area contributed by atoms with Crippen LogP contribution < -0.4 is 14.8 Å². The molecule has 0 aromatic heterocycles. The number of para-hydroxylation sites is 1. The van der Waals surface area contributed by atoms with E-state index in [2.05, 4.69) is 12.2 Å². The third-order valence-corrected chi connectivity index (χ3v) is 6.04. The number of carbonyl (C=O) groups excluding carboxylic acids is 2. The number of halogens is 1. The Labute approximate surface area is 188 Å². The van der Waals surface area contributed by atoms with Gasteiger partial charge in [-0.3, -0.25) is 9.59 Å². The number of nitrogens with one attached hydrogen (secondary N) is 1. The summed E-state index contributed by atoms with van der Waals surface area (Å²) in [5.74, 6) is 0.330. The van der Waals surface area contributed by atoms with Crippen LogP contribution in [0.1, 0.15) is 41.6 Å². The van der Waals surface area contributed by atoms with Gasteiger partial charge in [0, 0.05) is 31.1 Å². The summed E-state index contributed by atoms with van der Waals surface area (Å²) in [4.78, 5) is 28.0. The summed E-state index contributed by atoms with van der Waals surface area (Å²) in [6.07, 6.45) is 1.91. The number of unbranched alkanes of at least 4 members (excludes halogenated alkanes) is 1. The summed E-state index contributed by atoms with van der Waals surface area (Å²) in [7, 11) is 3.16. The molecule has 1 saturated heterocycles. The summed E-state index contributed by atoms with van der Waals surface area (Å²) in [6, 6.07) is 12.6. The van der Waals surface area contributed by atoms with E-state index in [-0.39, 0.29) is 17.7 Å². The van der Waals surface area contributed by atoms with Gasteiger partial charge in [-0.1, -0.05) is 49.2 Å². The minimum absolute atomic E-state index is 0.0576. The molecule has 0 aliphatic carbocycles. The van der Waals surface area contributed by atoms with Gasteiger partial charge in [0.05, 0.1) is 30.7 Å². The molecule has 2 amide bonds.